The molecule has 0 aromatic heterocycles. The van der Waals surface area contributed by atoms with Crippen LogP contribution in [-0.2, 0) is 9.53 Å². The summed E-state index contributed by atoms with van der Waals surface area (Å²) in [6, 6.07) is 20.8. The molecule has 0 heterocycles. The molecule has 1 N–H and O–H groups in total. The molecule has 0 unspecified atom stereocenters. The van der Waals surface area contributed by atoms with E-state index in [-0.39, 0.29) is 17.3 Å². The Morgan fingerprint density at radius 2 is 1.53 bits per heavy atom. The van der Waals surface area contributed by atoms with Crippen LogP contribution in [0.25, 0.3) is 0 Å². The molecule has 0 spiro atoms. The van der Waals surface area contributed by atoms with Crippen molar-refractivity contribution in [1.29, 1.82) is 0 Å². The number of rotatable bonds is 6. The first kappa shape index (κ1) is 21.0. The minimum atomic E-state index is -1.08. The van der Waals surface area contributed by atoms with E-state index in [0.29, 0.717) is 16.8 Å². The van der Waals surface area contributed by atoms with Crippen LogP contribution >= 0.6 is 0 Å². The molecule has 0 saturated carbocycles. The summed E-state index contributed by atoms with van der Waals surface area (Å²) < 4.78 is 5.67. The maximum absolute atomic E-state index is 13.3. The summed E-state index contributed by atoms with van der Waals surface area (Å²) in [6.45, 7) is 5.29. The molecule has 1 atom stereocenters. The smallest absolute Gasteiger partial charge is 0.339 e. The fourth-order valence-electron chi connectivity index (χ4n) is 3.05. The van der Waals surface area contributed by atoms with Crippen molar-refractivity contribution >= 4 is 23.3 Å². The van der Waals surface area contributed by atoms with Crippen LogP contribution in [0.15, 0.2) is 72.8 Å². The van der Waals surface area contributed by atoms with E-state index in [0.717, 1.165) is 11.1 Å². The number of carbonyl (C=O) groups excluding carboxylic acids is 3. The Bertz CT molecular complexity index is 1090. The molecule has 3 rings (SSSR count). The highest BCUT2D eigenvalue weighted by Crippen LogP contribution is 2.25. The second-order valence-electron chi connectivity index (χ2n) is 7.12. The number of benzene rings is 3. The number of nitrogens with one attached hydrogen (secondary N) is 1. The van der Waals surface area contributed by atoms with E-state index in [1.165, 1.54) is 13.0 Å². The monoisotopic (exact) mass is 401 g/mol. The molecular formula is C25H23NO4. The zero-order valence-corrected chi connectivity index (χ0v) is 17.1. The van der Waals surface area contributed by atoms with Gasteiger partial charge in [0.15, 0.2) is 6.10 Å². The lowest BCUT2D eigenvalue weighted by atomic mass is 9.97. The predicted molar refractivity (Wildman–Crippen MR) is 116 cm³/mol. The van der Waals surface area contributed by atoms with Crippen LogP contribution in [0.2, 0.25) is 0 Å². The van der Waals surface area contributed by atoms with E-state index in [9.17, 15) is 14.4 Å². The van der Waals surface area contributed by atoms with Crippen molar-refractivity contribution in [3.8, 4) is 0 Å². The van der Waals surface area contributed by atoms with Crippen LogP contribution in [0.4, 0.5) is 5.69 Å². The van der Waals surface area contributed by atoms with Gasteiger partial charge >= 0.3 is 5.97 Å². The first-order valence-electron chi connectivity index (χ1n) is 9.60. The number of ether oxygens (including phenoxy) is 1. The number of hydrogen-bond acceptors (Lipinski definition) is 4. The Kier molecular flexibility index (Phi) is 6.42. The molecule has 0 aliphatic carbocycles. The first-order chi connectivity index (χ1) is 14.3. The van der Waals surface area contributed by atoms with Gasteiger partial charge in [-0.1, -0.05) is 48.5 Å². The van der Waals surface area contributed by atoms with Crippen LogP contribution in [0.5, 0.6) is 0 Å². The summed E-state index contributed by atoms with van der Waals surface area (Å²) in [5.74, 6) is -1.18. The maximum atomic E-state index is 13.3. The Labute approximate surface area is 175 Å². The molecule has 0 aliphatic heterocycles. The largest absolute Gasteiger partial charge is 0.445 e. The van der Waals surface area contributed by atoms with E-state index < -0.39 is 12.1 Å². The molecule has 0 radical (unpaired) electrons. The normalized spacial score (nSPS) is 11.4. The van der Waals surface area contributed by atoms with Crippen molar-refractivity contribution < 1.29 is 19.1 Å². The van der Waals surface area contributed by atoms with Crippen molar-refractivity contribution in [3.63, 3.8) is 0 Å². The fourth-order valence-corrected chi connectivity index (χ4v) is 3.05. The molecule has 30 heavy (non-hydrogen) atoms. The van der Waals surface area contributed by atoms with Crippen LogP contribution in [0.1, 0.15) is 50.4 Å². The first-order valence-corrected chi connectivity index (χ1v) is 9.60. The highest BCUT2D eigenvalue weighted by atomic mass is 16.5. The highest BCUT2D eigenvalue weighted by molar-refractivity contribution is 6.02. The average Bonchev–Trinajstić information content (AvgIpc) is 2.73. The summed E-state index contributed by atoms with van der Waals surface area (Å²) in [4.78, 5) is 37.4. The minimum Gasteiger partial charge on any atom is -0.445 e. The molecule has 3 aromatic rings. The van der Waals surface area contributed by atoms with Gasteiger partial charge in [-0.2, -0.15) is 0 Å². The van der Waals surface area contributed by atoms with Gasteiger partial charge in [0.25, 0.3) is 0 Å². The summed E-state index contributed by atoms with van der Waals surface area (Å²) in [6.07, 6.45) is -1.08. The molecule has 1 amide bonds. The zero-order valence-electron chi connectivity index (χ0n) is 17.1. The van der Waals surface area contributed by atoms with Crippen LogP contribution in [0.3, 0.4) is 0 Å². The van der Waals surface area contributed by atoms with Gasteiger partial charge in [-0.05, 0) is 49.2 Å². The van der Waals surface area contributed by atoms with Gasteiger partial charge in [-0.3, -0.25) is 9.59 Å². The second kappa shape index (κ2) is 9.18. The highest BCUT2D eigenvalue weighted by Gasteiger charge is 2.27. The number of anilines is 1. The van der Waals surface area contributed by atoms with Crippen molar-refractivity contribution in [2.75, 3.05) is 5.32 Å². The average molecular weight is 401 g/mol. The van der Waals surface area contributed by atoms with Gasteiger partial charge in [0.1, 0.15) is 0 Å². The van der Waals surface area contributed by atoms with Gasteiger partial charge in [0.2, 0.25) is 11.7 Å². The molecule has 152 valence electrons. The van der Waals surface area contributed by atoms with Crippen LogP contribution < -0.4 is 5.32 Å². The third kappa shape index (κ3) is 5.00. The summed E-state index contributed by atoms with van der Waals surface area (Å²) >= 11 is 0. The summed E-state index contributed by atoms with van der Waals surface area (Å²) in [5.41, 5.74) is 3.86. The molecule has 0 bridgehead atoms. The van der Waals surface area contributed by atoms with Crippen LogP contribution in [-0.4, -0.2) is 17.7 Å². The Morgan fingerprint density at radius 3 is 2.20 bits per heavy atom. The number of amides is 1. The van der Waals surface area contributed by atoms with E-state index in [4.69, 9.17) is 4.74 Å². The number of esters is 1. The van der Waals surface area contributed by atoms with Gasteiger partial charge in [0, 0.05) is 23.7 Å². The minimum absolute atomic E-state index is 0.243. The van der Waals surface area contributed by atoms with Crippen molar-refractivity contribution in [1.82, 2.24) is 0 Å². The lowest BCUT2D eigenvalue weighted by molar-refractivity contribution is -0.114. The Morgan fingerprint density at radius 1 is 0.800 bits per heavy atom. The second-order valence-corrected chi connectivity index (χ2v) is 7.12. The molecular weight excluding hydrogens is 378 g/mol. The zero-order chi connectivity index (χ0) is 21.7. The Hall–Kier alpha value is -3.73. The molecule has 0 fully saturated rings. The molecule has 0 aliphatic rings. The van der Waals surface area contributed by atoms with Crippen molar-refractivity contribution in [2.24, 2.45) is 0 Å². The molecule has 5 heteroatoms. The number of Topliss-reactive ketones (excluding diaryl/α,β-unsaturated/α-hetero) is 1. The predicted octanol–water partition coefficient (Wildman–Crippen LogP) is 5.04. The summed E-state index contributed by atoms with van der Waals surface area (Å²) in [7, 11) is 0. The van der Waals surface area contributed by atoms with E-state index in [1.54, 1.807) is 54.6 Å². The topological polar surface area (TPSA) is 72.5 Å². The lowest BCUT2D eigenvalue weighted by Crippen LogP contribution is -2.20. The van der Waals surface area contributed by atoms with E-state index in [1.807, 2.05) is 26.0 Å². The number of hydrogen-bond donors (Lipinski definition) is 1. The van der Waals surface area contributed by atoms with E-state index >= 15 is 0 Å². The SMILES string of the molecule is CC(=O)Nc1cccc(C(=O)O[C@H](C(=O)c2ccc(C)c(C)c2)c2ccccc2)c1. The third-order valence-corrected chi connectivity index (χ3v) is 4.78. The number of carbonyl (C=O) groups is 3. The molecule has 5 nitrogen and oxygen atoms in total. The Balaban J connectivity index is 1.92. The molecule has 3 aromatic carbocycles. The summed E-state index contributed by atoms with van der Waals surface area (Å²) in [5, 5.41) is 2.63. The van der Waals surface area contributed by atoms with Crippen molar-refractivity contribution in [2.45, 2.75) is 26.9 Å². The van der Waals surface area contributed by atoms with Gasteiger partial charge < -0.3 is 10.1 Å². The lowest BCUT2D eigenvalue weighted by Gasteiger charge is -2.18. The van der Waals surface area contributed by atoms with Crippen LogP contribution in [0, 0.1) is 13.8 Å². The quantitative estimate of drug-likeness (QED) is 0.464. The van der Waals surface area contributed by atoms with Gasteiger partial charge in [-0.25, -0.2) is 4.79 Å². The van der Waals surface area contributed by atoms with Gasteiger partial charge in [-0.15, -0.1) is 0 Å². The third-order valence-electron chi connectivity index (χ3n) is 4.78. The fraction of sp³-hybridized carbons (Fsp3) is 0.160. The number of ketones is 1. The van der Waals surface area contributed by atoms with E-state index in [2.05, 4.69) is 5.32 Å². The van der Waals surface area contributed by atoms with Crippen molar-refractivity contribution in [3.05, 3.63) is 101 Å². The molecule has 0 saturated heterocycles. The maximum Gasteiger partial charge on any atom is 0.339 e. The number of aryl methyl sites for hydroxylation is 2. The van der Waals surface area contributed by atoms with Gasteiger partial charge in [0.05, 0.1) is 5.56 Å². The standard InChI is InChI=1S/C25H23NO4/c1-16-12-13-20(14-17(16)2)23(28)24(19-8-5-4-6-9-19)30-25(29)21-10-7-11-22(15-21)26-18(3)27/h4-15,24H,1-3H3,(H,26,27)/t24-/m0/s1.